The van der Waals surface area contributed by atoms with E-state index in [2.05, 4.69) is 10.6 Å². The van der Waals surface area contributed by atoms with Gasteiger partial charge in [0, 0.05) is 26.7 Å². The number of rotatable bonds is 10. The maximum Gasteiger partial charge on any atom is 0.315 e. The summed E-state index contributed by atoms with van der Waals surface area (Å²) in [6.07, 6.45) is 0. The lowest BCUT2D eigenvalue weighted by Gasteiger charge is -2.18. The third kappa shape index (κ3) is 5.97. The molecule has 0 saturated heterocycles. The van der Waals surface area contributed by atoms with Crippen LogP contribution in [-0.2, 0) is 26.1 Å². The molecule has 146 valence electrons. The fraction of sp³-hybridized carbons (Fsp3) is 0.500. The van der Waals surface area contributed by atoms with Gasteiger partial charge in [0.1, 0.15) is 6.04 Å². The van der Waals surface area contributed by atoms with Crippen LogP contribution in [0.4, 0.5) is 4.79 Å². The minimum absolute atomic E-state index is 0.0271. The lowest BCUT2D eigenvalue weighted by molar-refractivity contribution is -0.120. The van der Waals surface area contributed by atoms with Crippen LogP contribution in [0.15, 0.2) is 29.2 Å². The second kappa shape index (κ2) is 10.1. The molecular weight excluding hydrogens is 360 g/mol. The monoisotopic (exact) mass is 386 g/mol. The zero-order chi connectivity index (χ0) is 19.7. The molecule has 10 heteroatoms. The molecule has 0 bridgehead atoms. The highest BCUT2D eigenvalue weighted by Gasteiger charge is 2.21. The number of urea groups is 1. The van der Waals surface area contributed by atoms with Crippen LogP contribution >= 0.6 is 0 Å². The molecule has 0 aliphatic rings. The molecule has 0 saturated carbocycles. The first-order valence-electron chi connectivity index (χ1n) is 8.17. The van der Waals surface area contributed by atoms with E-state index in [-0.39, 0.29) is 18.0 Å². The van der Waals surface area contributed by atoms with Gasteiger partial charge in [-0.25, -0.2) is 13.2 Å². The Hall–Kier alpha value is -2.17. The molecule has 0 fully saturated rings. The molecule has 0 spiro atoms. The number of hydrogen-bond acceptors (Lipinski definition) is 5. The topological polar surface area (TPSA) is 131 Å². The van der Waals surface area contributed by atoms with E-state index < -0.39 is 28.0 Å². The summed E-state index contributed by atoms with van der Waals surface area (Å²) in [6, 6.07) is 4.74. The first-order valence-corrected chi connectivity index (χ1v) is 9.61. The van der Waals surface area contributed by atoms with Crippen molar-refractivity contribution in [2.24, 2.45) is 5.73 Å². The fourth-order valence-electron chi connectivity index (χ4n) is 2.25. The Morgan fingerprint density at radius 3 is 2.23 bits per heavy atom. The normalized spacial score (nSPS) is 12.6. The fourth-order valence-corrected chi connectivity index (χ4v) is 3.70. The molecule has 9 nitrogen and oxygen atoms in total. The number of nitrogens with one attached hydrogen (secondary N) is 2. The van der Waals surface area contributed by atoms with Crippen LogP contribution in [0.25, 0.3) is 0 Å². The van der Waals surface area contributed by atoms with Crippen molar-refractivity contribution in [3.63, 3.8) is 0 Å². The molecule has 26 heavy (non-hydrogen) atoms. The number of carbonyl (C=O) groups excluding carboxylic acids is 2. The smallest absolute Gasteiger partial charge is 0.315 e. The summed E-state index contributed by atoms with van der Waals surface area (Å²) < 4.78 is 31.0. The van der Waals surface area contributed by atoms with Gasteiger partial charge in [0.2, 0.25) is 15.9 Å². The second-order valence-corrected chi connectivity index (χ2v) is 7.41. The number of ether oxygens (including phenoxy) is 1. The van der Waals surface area contributed by atoms with Crippen molar-refractivity contribution in [2.45, 2.75) is 31.3 Å². The summed E-state index contributed by atoms with van der Waals surface area (Å²) in [5, 5.41) is 4.97. The third-order valence-corrected chi connectivity index (χ3v) is 5.77. The lowest BCUT2D eigenvalue weighted by atomic mass is 10.2. The number of nitrogens with two attached hydrogens (primary N) is 1. The Morgan fingerprint density at radius 1 is 1.19 bits per heavy atom. The average Bonchev–Trinajstić information content (AvgIpc) is 2.60. The number of amides is 3. The number of carbonyl (C=O) groups is 2. The Labute approximate surface area is 153 Å². The van der Waals surface area contributed by atoms with E-state index in [0.29, 0.717) is 18.7 Å². The molecule has 0 aromatic heterocycles. The molecule has 1 atom stereocenters. The third-order valence-electron chi connectivity index (χ3n) is 3.70. The van der Waals surface area contributed by atoms with Crippen molar-refractivity contribution in [3.05, 3.63) is 29.8 Å². The molecule has 0 radical (unpaired) electrons. The van der Waals surface area contributed by atoms with E-state index in [9.17, 15) is 18.0 Å². The zero-order valence-electron chi connectivity index (χ0n) is 15.2. The van der Waals surface area contributed by atoms with E-state index in [4.69, 9.17) is 10.5 Å². The van der Waals surface area contributed by atoms with E-state index >= 15 is 0 Å². The summed E-state index contributed by atoms with van der Waals surface area (Å²) in [7, 11) is -2.12. The van der Waals surface area contributed by atoms with Crippen molar-refractivity contribution in [3.8, 4) is 0 Å². The molecule has 0 heterocycles. The molecule has 0 aliphatic carbocycles. The SMILES string of the molecule is CCN(CC)S(=O)(=O)c1ccc(CNC(=O)NC(COC)C(N)=O)cc1. The second-order valence-electron chi connectivity index (χ2n) is 5.47. The first kappa shape index (κ1) is 21.9. The number of methoxy groups -OCH3 is 1. The molecule has 0 aliphatic heterocycles. The highest BCUT2D eigenvalue weighted by molar-refractivity contribution is 7.89. The largest absolute Gasteiger partial charge is 0.382 e. The maximum atomic E-state index is 12.4. The van der Waals surface area contributed by atoms with Crippen LogP contribution < -0.4 is 16.4 Å². The van der Waals surface area contributed by atoms with Crippen LogP contribution in [0.1, 0.15) is 19.4 Å². The molecule has 1 rings (SSSR count). The number of primary amides is 1. The number of hydrogen-bond donors (Lipinski definition) is 3. The van der Waals surface area contributed by atoms with Gasteiger partial charge in [-0.2, -0.15) is 4.31 Å². The highest BCUT2D eigenvalue weighted by atomic mass is 32.2. The van der Waals surface area contributed by atoms with Crippen LogP contribution in [0.5, 0.6) is 0 Å². The van der Waals surface area contributed by atoms with E-state index in [1.807, 2.05) is 0 Å². The van der Waals surface area contributed by atoms with Gasteiger partial charge in [-0.15, -0.1) is 0 Å². The minimum Gasteiger partial charge on any atom is -0.382 e. The van der Waals surface area contributed by atoms with Crippen LogP contribution in [0, 0.1) is 0 Å². The first-order chi connectivity index (χ1) is 12.3. The van der Waals surface area contributed by atoms with Gasteiger partial charge >= 0.3 is 6.03 Å². The number of sulfonamides is 1. The standard InChI is InChI=1S/C16H26N4O5S/c1-4-20(5-2)26(23,24)13-8-6-12(7-9-13)10-18-16(22)19-14(11-25-3)15(17)21/h6-9,14H,4-5,10-11H2,1-3H3,(H2,17,21)(H2,18,19,22). The maximum absolute atomic E-state index is 12.4. The summed E-state index contributed by atoms with van der Waals surface area (Å²) in [4.78, 5) is 23.2. The van der Waals surface area contributed by atoms with E-state index in [1.165, 1.54) is 23.5 Å². The molecule has 1 aromatic rings. The van der Waals surface area contributed by atoms with Crippen molar-refractivity contribution >= 4 is 22.0 Å². The van der Waals surface area contributed by atoms with Crippen molar-refractivity contribution in [2.75, 3.05) is 26.8 Å². The summed E-state index contributed by atoms with van der Waals surface area (Å²) in [6.45, 7) is 4.48. The van der Waals surface area contributed by atoms with Crippen LogP contribution in [-0.4, -0.2) is 57.5 Å². The van der Waals surface area contributed by atoms with Gasteiger partial charge in [0.05, 0.1) is 11.5 Å². The molecule has 3 amide bonds. The van der Waals surface area contributed by atoms with Crippen molar-refractivity contribution in [1.29, 1.82) is 0 Å². The van der Waals surface area contributed by atoms with Gasteiger partial charge in [-0.3, -0.25) is 4.79 Å². The van der Waals surface area contributed by atoms with Crippen LogP contribution in [0.2, 0.25) is 0 Å². The quantitative estimate of drug-likeness (QED) is 0.522. The predicted molar refractivity (Wildman–Crippen MR) is 96.8 cm³/mol. The van der Waals surface area contributed by atoms with Gasteiger partial charge in [-0.1, -0.05) is 26.0 Å². The van der Waals surface area contributed by atoms with Gasteiger partial charge in [-0.05, 0) is 17.7 Å². The highest BCUT2D eigenvalue weighted by Crippen LogP contribution is 2.16. The summed E-state index contributed by atoms with van der Waals surface area (Å²) in [5.41, 5.74) is 5.87. The zero-order valence-corrected chi connectivity index (χ0v) is 16.0. The molecule has 1 aromatic carbocycles. The van der Waals surface area contributed by atoms with E-state index in [0.717, 1.165) is 0 Å². The van der Waals surface area contributed by atoms with E-state index in [1.54, 1.807) is 26.0 Å². The summed E-state index contributed by atoms with van der Waals surface area (Å²) >= 11 is 0. The number of benzene rings is 1. The van der Waals surface area contributed by atoms with Gasteiger partial charge < -0.3 is 21.1 Å². The van der Waals surface area contributed by atoms with Gasteiger partial charge in [0.15, 0.2) is 0 Å². The Bertz CT molecular complexity index is 702. The van der Waals surface area contributed by atoms with Crippen molar-refractivity contribution in [1.82, 2.24) is 14.9 Å². The average molecular weight is 386 g/mol. The molecular formula is C16H26N4O5S. The van der Waals surface area contributed by atoms with Crippen molar-refractivity contribution < 1.29 is 22.7 Å². The Morgan fingerprint density at radius 2 is 1.77 bits per heavy atom. The number of nitrogens with zero attached hydrogens (tertiary/aromatic N) is 1. The molecule has 1 unspecified atom stereocenters. The predicted octanol–water partition coefficient (Wildman–Crippen LogP) is 0.0166. The Kier molecular flexibility index (Phi) is 8.49. The Balaban J connectivity index is 2.68. The van der Waals surface area contributed by atoms with Crippen LogP contribution in [0.3, 0.4) is 0 Å². The summed E-state index contributed by atoms with van der Waals surface area (Å²) in [5.74, 6) is -0.701. The van der Waals surface area contributed by atoms with Gasteiger partial charge in [0.25, 0.3) is 0 Å². The molecule has 4 N–H and O–H groups in total. The minimum atomic E-state index is -3.51. The lowest BCUT2D eigenvalue weighted by Crippen LogP contribution is -2.50.